The van der Waals surface area contributed by atoms with Gasteiger partial charge in [-0.3, -0.25) is 15.5 Å². The summed E-state index contributed by atoms with van der Waals surface area (Å²) in [4.78, 5) is 9.18. The summed E-state index contributed by atoms with van der Waals surface area (Å²) in [5, 5.41) is 16.0. The van der Waals surface area contributed by atoms with Crippen LogP contribution >= 0.6 is 11.6 Å². The molecule has 0 unspecified atom stereocenters. The number of nitro groups is 1. The van der Waals surface area contributed by atoms with Crippen LogP contribution in [-0.2, 0) is 0 Å². The minimum absolute atomic E-state index is 0.364. The SMILES string of the molecule is C/C=C(\C(=N)Cl)[N+](=O)[O-]. The molecule has 0 atom stereocenters. The Morgan fingerprint density at radius 1 is 1.89 bits per heavy atom. The van der Waals surface area contributed by atoms with E-state index < -0.39 is 10.1 Å². The number of allylic oxidation sites excluding steroid dienone is 2. The van der Waals surface area contributed by atoms with E-state index >= 15 is 0 Å². The monoisotopic (exact) mass is 148 g/mol. The Balaban J connectivity index is 4.38. The van der Waals surface area contributed by atoms with Gasteiger partial charge in [0.2, 0.25) is 0 Å². The topological polar surface area (TPSA) is 67.0 Å². The third-order valence-electron chi connectivity index (χ3n) is 0.695. The zero-order valence-corrected chi connectivity index (χ0v) is 5.47. The lowest BCUT2D eigenvalue weighted by Crippen LogP contribution is -2.03. The highest BCUT2D eigenvalue weighted by Gasteiger charge is 2.12. The van der Waals surface area contributed by atoms with Gasteiger partial charge in [-0.15, -0.1) is 0 Å². The molecule has 5 heteroatoms. The number of nitrogens with zero attached hydrogens (tertiary/aromatic N) is 1. The lowest BCUT2D eigenvalue weighted by molar-refractivity contribution is -0.414. The molecule has 0 aliphatic rings. The predicted octanol–water partition coefficient (Wildman–Crippen LogP) is 1.38. The molecule has 0 aromatic rings. The van der Waals surface area contributed by atoms with Crippen LogP contribution in [0.3, 0.4) is 0 Å². The van der Waals surface area contributed by atoms with Crippen molar-refractivity contribution in [1.82, 2.24) is 0 Å². The molecule has 4 nitrogen and oxygen atoms in total. The molecule has 0 aromatic carbocycles. The van der Waals surface area contributed by atoms with Gasteiger partial charge >= 0.3 is 5.70 Å². The van der Waals surface area contributed by atoms with Crippen LogP contribution in [0.1, 0.15) is 6.92 Å². The van der Waals surface area contributed by atoms with Gasteiger partial charge in [0.05, 0.1) is 4.92 Å². The van der Waals surface area contributed by atoms with Gasteiger partial charge in [0.15, 0.2) is 5.17 Å². The maximum absolute atomic E-state index is 9.88. The summed E-state index contributed by atoms with van der Waals surface area (Å²) in [5.41, 5.74) is -0.364. The van der Waals surface area contributed by atoms with Gasteiger partial charge in [0, 0.05) is 0 Å². The average molecular weight is 149 g/mol. The fourth-order valence-electron chi connectivity index (χ4n) is 0.312. The van der Waals surface area contributed by atoms with E-state index in [1.54, 1.807) is 0 Å². The molecule has 50 valence electrons. The Morgan fingerprint density at radius 2 is 2.33 bits per heavy atom. The largest absolute Gasteiger partial charge is 0.301 e. The van der Waals surface area contributed by atoms with Crippen LogP contribution in [0, 0.1) is 15.5 Å². The van der Waals surface area contributed by atoms with Crippen LogP contribution < -0.4 is 0 Å². The lowest BCUT2D eigenvalue weighted by atomic mass is 10.4. The van der Waals surface area contributed by atoms with Crippen LogP contribution in [0.15, 0.2) is 11.8 Å². The van der Waals surface area contributed by atoms with Gasteiger partial charge < -0.3 is 0 Å². The van der Waals surface area contributed by atoms with Gasteiger partial charge in [-0.2, -0.15) is 0 Å². The second kappa shape index (κ2) is 3.19. The predicted molar refractivity (Wildman–Crippen MR) is 34.3 cm³/mol. The van der Waals surface area contributed by atoms with Crippen molar-refractivity contribution in [3.63, 3.8) is 0 Å². The zero-order valence-electron chi connectivity index (χ0n) is 4.72. The van der Waals surface area contributed by atoms with Crippen LogP contribution in [0.25, 0.3) is 0 Å². The molecular weight excluding hydrogens is 144 g/mol. The molecule has 0 heterocycles. The fraction of sp³-hybridized carbons (Fsp3) is 0.250. The number of hydrogen-bond acceptors (Lipinski definition) is 3. The smallest absolute Gasteiger partial charge is 0.283 e. The molecule has 0 saturated carbocycles. The summed E-state index contributed by atoms with van der Waals surface area (Å²) in [6.45, 7) is 1.45. The van der Waals surface area contributed by atoms with E-state index in [-0.39, 0.29) is 5.70 Å². The molecular formula is C4H5ClN2O2. The standard InChI is InChI=1S/C4H5ClN2O2/c1-2-3(4(5)6)7(8)9/h2,6H,1H3/b3-2+,6-4?. The van der Waals surface area contributed by atoms with Gasteiger partial charge in [0.1, 0.15) is 0 Å². The first-order valence-electron chi connectivity index (χ1n) is 2.14. The summed E-state index contributed by atoms with van der Waals surface area (Å²) in [6, 6.07) is 0. The minimum atomic E-state index is -0.699. The first kappa shape index (κ1) is 8.10. The van der Waals surface area contributed by atoms with Crippen molar-refractivity contribution in [3.05, 3.63) is 21.9 Å². The molecule has 0 radical (unpaired) electrons. The second-order valence-corrected chi connectivity index (χ2v) is 1.62. The Kier molecular flexibility index (Phi) is 2.87. The third-order valence-corrected chi connectivity index (χ3v) is 0.889. The van der Waals surface area contributed by atoms with Gasteiger partial charge in [-0.05, 0) is 13.0 Å². The molecule has 0 aliphatic carbocycles. The molecule has 0 aliphatic heterocycles. The van der Waals surface area contributed by atoms with E-state index in [0.29, 0.717) is 0 Å². The van der Waals surface area contributed by atoms with Crippen molar-refractivity contribution in [2.75, 3.05) is 0 Å². The molecule has 0 rings (SSSR count). The molecule has 0 fully saturated rings. The van der Waals surface area contributed by atoms with Gasteiger partial charge in [-0.25, -0.2) is 0 Å². The summed E-state index contributed by atoms with van der Waals surface area (Å²) in [6.07, 6.45) is 1.18. The summed E-state index contributed by atoms with van der Waals surface area (Å²) < 4.78 is 0. The maximum atomic E-state index is 9.88. The summed E-state index contributed by atoms with van der Waals surface area (Å²) in [5.74, 6) is 0. The first-order valence-corrected chi connectivity index (χ1v) is 2.52. The average Bonchev–Trinajstić information content (AvgIpc) is 1.64. The van der Waals surface area contributed by atoms with E-state index in [4.69, 9.17) is 17.0 Å². The van der Waals surface area contributed by atoms with Crippen molar-refractivity contribution in [1.29, 1.82) is 5.41 Å². The quantitative estimate of drug-likeness (QED) is 0.365. The Hall–Kier alpha value is -0.900. The zero-order chi connectivity index (χ0) is 7.44. The van der Waals surface area contributed by atoms with Crippen LogP contribution in [0.2, 0.25) is 0 Å². The van der Waals surface area contributed by atoms with Crippen molar-refractivity contribution >= 4 is 16.8 Å². The maximum Gasteiger partial charge on any atom is 0.301 e. The van der Waals surface area contributed by atoms with E-state index in [0.717, 1.165) is 0 Å². The first-order chi connectivity index (χ1) is 4.09. The summed E-state index contributed by atoms with van der Waals surface area (Å²) >= 11 is 5.01. The minimum Gasteiger partial charge on any atom is -0.283 e. The number of halogens is 1. The van der Waals surface area contributed by atoms with E-state index in [9.17, 15) is 10.1 Å². The lowest BCUT2D eigenvalue weighted by Gasteiger charge is -1.88. The number of hydrogen-bond donors (Lipinski definition) is 1. The van der Waals surface area contributed by atoms with Crippen molar-refractivity contribution in [3.8, 4) is 0 Å². The van der Waals surface area contributed by atoms with E-state index in [1.807, 2.05) is 0 Å². The molecule has 0 spiro atoms. The van der Waals surface area contributed by atoms with Crippen molar-refractivity contribution < 1.29 is 4.92 Å². The number of nitrogens with one attached hydrogen (secondary N) is 1. The second-order valence-electron chi connectivity index (χ2n) is 1.25. The van der Waals surface area contributed by atoms with E-state index in [2.05, 4.69) is 0 Å². The van der Waals surface area contributed by atoms with E-state index in [1.165, 1.54) is 13.0 Å². The van der Waals surface area contributed by atoms with Crippen molar-refractivity contribution in [2.45, 2.75) is 6.92 Å². The van der Waals surface area contributed by atoms with Gasteiger partial charge in [-0.1, -0.05) is 11.6 Å². The van der Waals surface area contributed by atoms with Crippen molar-refractivity contribution in [2.24, 2.45) is 0 Å². The summed E-state index contributed by atoms with van der Waals surface area (Å²) in [7, 11) is 0. The highest BCUT2D eigenvalue weighted by molar-refractivity contribution is 6.68. The molecule has 9 heavy (non-hydrogen) atoms. The Bertz CT molecular complexity index is 159. The fourth-order valence-corrected chi connectivity index (χ4v) is 0.490. The molecule has 0 aromatic heterocycles. The molecule has 0 amide bonds. The molecule has 1 N–H and O–H groups in total. The molecule has 0 bridgehead atoms. The normalized spacial score (nSPS) is 11.1. The van der Waals surface area contributed by atoms with Gasteiger partial charge in [0.25, 0.3) is 0 Å². The van der Waals surface area contributed by atoms with Crippen LogP contribution in [0.5, 0.6) is 0 Å². The highest BCUT2D eigenvalue weighted by Crippen LogP contribution is 1.99. The van der Waals surface area contributed by atoms with Crippen LogP contribution in [-0.4, -0.2) is 10.1 Å². The highest BCUT2D eigenvalue weighted by atomic mass is 35.5. The van der Waals surface area contributed by atoms with Crippen LogP contribution in [0.4, 0.5) is 0 Å². The Morgan fingerprint density at radius 3 is 2.33 bits per heavy atom. The molecule has 0 saturated heterocycles. The Labute approximate surface area is 56.8 Å². The number of rotatable bonds is 2. The third kappa shape index (κ3) is 2.23.